The van der Waals surface area contributed by atoms with Crippen LogP contribution in [0.15, 0.2) is 161 Å². The molecule has 4 aromatic heterocycles. The van der Waals surface area contributed by atoms with Crippen LogP contribution in [0.4, 0.5) is 0 Å². The number of hydrogen-bond acceptors (Lipinski definition) is 2. The molecule has 0 N–H and O–H groups in total. The van der Waals surface area contributed by atoms with Gasteiger partial charge >= 0.3 is 0 Å². The number of rotatable bonds is 4. The fourth-order valence-corrected chi connectivity index (χ4v) is 8.47. The highest BCUT2D eigenvalue weighted by molar-refractivity contribution is 6.15. The molecule has 4 nitrogen and oxygen atoms in total. The second-order valence-corrected chi connectivity index (χ2v) is 13.7. The van der Waals surface area contributed by atoms with Crippen molar-refractivity contribution < 1.29 is 8.83 Å². The standard InChI is InChI=1S/C48H32N2O2/c1-3-12-45-29(2)32-16-10-20-43(47(32)51-45)49-39-18-7-4-13-33(39)37-27-30(23-25-41(37)49)31-24-26-42-38(28-31)34-14-5-8-19-40(34)50(42)44-21-11-17-36-35-15-6-9-22-46(35)52-48(36)44/h3-28H,1-2H3. The zero-order valence-electron chi connectivity index (χ0n) is 28.7. The van der Waals surface area contributed by atoms with Crippen LogP contribution in [0.25, 0.3) is 105 Å². The highest BCUT2D eigenvalue weighted by atomic mass is 16.3. The number of aryl methyl sites for hydroxylation is 1. The van der Waals surface area contributed by atoms with E-state index >= 15 is 0 Å². The van der Waals surface area contributed by atoms with Crippen LogP contribution < -0.4 is 0 Å². The lowest BCUT2D eigenvalue weighted by Gasteiger charge is -2.10. The van der Waals surface area contributed by atoms with Crippen LogP contribution in [0.1, 0.15) is 18.2 Å². The summed E-state index contributed by atoms with van der Waals surface area (Å²) in [6, 6.07) is 52.3. The van der Waals surface area contributed by atoms with E-state index in [1.165, 1.54) is 32.7 Å². The van der Waals surface area contributed by atoms with Crippen LogP contribution in [-0.4, -0.2) is 9.13 Å². The number of furan rings is 2. The lowest BCUT2D eigenvalue weighted by Crippen LogP contribution is -1.94. The normalized spacial score (nSPS) is 12.3. The minimum Gasteiger partial charge on any atom is -0.454 e. The molecule has 4 heterocycles. The summed E-state index contributed by atoms with van der Waals surface area (Å²) >= 11 is 0. The van der Waals surface area contributed by atoms with E-state index in [9.17, 15) is 0 Å². The number of aromatic nitrogens is 2. The molecule has 0 aliphatic rings. The van der Waals surface area contributed by atoms with Crippen LogP contribution in [0.3, 0.4) is 0 Å². The van der Waals surface area contributed by atoms with Gasteiger partial charge in [-0.1, -0.05) is 97.1 Å². The maximum Gasteiger partial charge on any atom is 0.159 e. The Morgan fingerprint density at radius 1 is 0.442 bits per heavy atom. The van der Waals surface area contributed by atoms with E-state index in [0.29, 0.717) is 0 Å². The molecule has 7 aromatic carbocycles. The van der Waals surface area contributed by atoms with Gasteiger partial charge in [-0.05, 0) is 85.6 Å². The quantitative estimate of drug-likeness (QED) is 0.187. The van der Waals surface area contributed by atoms with Crippen LogP contribution >= 0.6 is 0 Å². The number of para-hydroxylation sites is 5. The minimum absolute atomic E-state index is 0.899. The number of hydrogen-bond donors (Lipinski definition) is 0. The van der Waals surface area contributed by atoms with Gasteiger partial charge in [-0.2, -0.15) is 0 Å². The van der Waals surface area contributed by atoms with E-state index in [1.54, 1.807) is 0 Å². The highest BCUT2D eigenvalue weighted by Gasteiger charge is 2.20. The van der Waals surface area contributed by atoms with Crippen molar-refractivity contribution in [2.75, 3.05) is 0 Å². The minimum atomic E-state index is 0.899. The fraction of sp³-hybridized carbons (Fsp3) is 0.0417. The number of nitrogens with zero attached hydrogens (tertiary/aromatic N) is 2. The molecule has 0 aliphatic heterocycles. The first-order chi connectivity index (χ1) is 25.7. The Bertz CT molecular complexity index is 3270. The van der Waals surface area contributed by atoms with Crippen molar-refractivity contribution in [3.05, 3.63) is 163 Å². The number of benzene rings is 7. The van der Waals surface area contributed by atoms with Gasteiger partial charge in [0.1, 0.15) is 11.3 Å². The Kier molecular flexibility index (Phi) is 6.06. The largest absolute Gasteiger partial charge is 0.454 e. The molecular weight excluding hydrogens is 637 g/mol. The summed E-state index contributed by atoms with van der Waals surface area (Å²) in [5.41, 5.74) is 12.9. The maximum absolute atomic E-state index is 6.52. The predicted molar refractivity (Wildman–Crippen MR) is 217 cm³/mol. The second-order valence-electron chi connectivity index (χ2n) is 13.7. The first-order valence-electron chi connectivity index (χ1n) is 17.8. The molecule has 4 heteroatoms. The van der Waals surface area contributed by atoms with Crippen molar-refractivity contribution in [2.45, 2.75) is 13.8 Å². The third-order valence-electron chi connectivity index (χ3n) is 10.8. The first kappa shape index (κ1) is 29.0. The van der Waals surface area contributed by atoms with Gasteiger partial charge in [0.15, 0.2) is 11.2 Å². The molecule has 11 aromatic rings. The van der Waals surface area contributed by atoms with Gasteiger partial charge in [-0.15, -0.1) is 0 Å². The average Bonchev–Trinajstić information content (AvgIpc) is 3.92. The first-order valence-corrected chi connectivity index (χ1v) is 17.8. The van der Waals surface area contributed by atoms with Crippen LogP contribution in [0.2, 0.25) is 0 Å². The van der Waals surface area contributed by atoms with Crippen LogP contribution in [0, 0.1) is 6.92 Å². The Hall–Kier alpha value is -6.78. The molecule has 0 fully saturated rings. The van der Waals surface area contributed by atoms with Gasteiger partial charge in [0.25, 0.3) is 0 Å². The molecule has 0 saturated heterocycles. The molecule has 0 saturated carbocycles. The predicted octanol–water partition coefficient (Wildman–Crippen LogP) is 13.5. The Morgan fingerprint density at radius 2 is 0.942 bits per heavy atom. The lowest BCUT2D eigenvalue weighted by molar-refractivity contribution is 0.599. The molecule has 246 valence electrons. The third-order valence-corrected chi connectivity index (χ3v) is 10.8. The third kappa shape index (κ3) is 3.97. The van der Waals surface area contributed by atoms with E-state index in [0.717, 1.165) is 77.7 Å². The number of allylic oxidation sites excluding steroid dienone is 1. The molecule has 0 spiro atoms. The van der Waals surface area contributed by atoms with Gasteiger partial charge in [-0.3, -0.25) is 0 Å². The highest BCUT2D eigenvalue weighted by Crippen LogP contribution is 2.41. The van der Waals surface area contributed by atoms with E-state index in [4.69, 9.17) is 8.83 Å². The summed E-state index contributed by atoms with van der Waals surface area (Å²) in [6.07, 6.45) is 4.08. The Labute approximate surface area is 299 Å². The van der Waals surface area contributed by atoms with E-state index < -0.39 is 0 Å². The van der Waals surface area contributed by atoms with Crippen LogP contribution in [-0.2, 0) is 0 Å². The molecule has 11 rings (SSSR count). The summed E-state index contributed by atoms with van der Waals surface area (Å²) in [4.78, 5) is 0. The topological polar surface area (TPSA) is 36.1 Å². The Balaban J connectivity index is 1.11. The molecule has 0 unspecified atom stereocenters. The van der Waals surface area contributed by atoms with E-state index in [1.807, 2.05) is 31.2 Å². The second kappa shape index (κ2) is 10.9. The summed E-state index contributed by atoms with van der Waals surface area (Å²) in [6.45, 7) is 4.16. The summed E-state index contributed by atoms with van der Waals surface area (Å²) < 4.78 is 17.7. The smallest absolute Gasteiger partial charge is 0.159 e. The van der Waals surface area contributed by atoms with E-state index in [-0.39, 0.29) is 0 Å². The zero-order valence-corrected chi connectivity index (χ0v) is 28.7. The fourth-order valence-electron chi connectivity index (χ4n) is 8.47. The van der Waals surface area contributed by atoms with E-state index in [2.05, 4.69) is 150 Å². The molecule has 0 atom stereocenters. The zero-order chi connectivity index (χ0) is 34.5. The molecule has 0 radical (unpaired) electrons. The van der Waals surface area contributed by atoms with Crippen molar-refractivity contribution in [1.29, 1.82) is 0 Å². The van der Waals surface area contributed by atoms with Crippen LogP contribution in [0.5, 0.6) is 0 Å². The SMILES string of the molecule is CC=Cc1oc2c(-n3c4ccccc4c4cc(-c5ccc6c(c5)c5ccccc5n6-c5cccc6c5oc5ccccc56)ccc43)cccc2c1C. The summed E-state index contributed by atoms with van der Waals surface area (Å²) in [5, 5.41) is 8.24. The maximum atomic E-state index is 6.52. The van der Waals surface area contributed by atoms with Gasteiger partial charge in [0.2, 0.25) is 0 Å². The van der Waals surface area contributed by atoms with Crippen molar-refractivity contribution in [3.8, 4) is 22.5 Å². The van der Waals surface area contributed by atoms with Crippen molar-refractivity contribution in [3.63, 3.8) is 0 Å². The summed E-state index contributed by atoms with van der Waals surface area (Å²) in [7, 11) is 0. The van der Waals surface area contributed by atoms with Gasteiger partial charge < -0.3 is 18.0 Å². The molecule has 0 bridgehead atoms. The van der Waals surface area contributed by atoms with Gasteiger partial charge in [0.05, 0.1) is 33.4 Å². The molecule has 0 amide bonds. The lowest BCUT2D eigenvalue weighted by atomic mass is 10.0. The van der Waals surface area contributed by atoms with Crippen molar-refractivity contribution >= 4 is 82.6 Å². The monoisotopic (exact) mass is 668 g/mol. The molecule has 52 heavy (non-hydrogen) atoms. The molecular formula is C48H32N2O2. The molecule has 0 aliphatic carbocycles. The Morgan fingerprint density at radius 3 is 1.56 bits per heavy atom. The van der Waals surface area contributed by atoms with Gasteiger partial charge in [0, 0.05) is 43.3 Å². The number of fused-ring (bicyclic) bond motifs is 10. The van der Waals surface area contributed by atoms with Crippen molar-refractivity contribution in [2.24, 2.45) is 0 Å². The van der Waals surface area contributed by atoms with Crippen molar-refractivity contribution in [1.82, 2.24) is 9.13 Å². The summed E-state index contributed by atoms with van der Waals surface area (Å²) in [5.74, 6) is 0.902. The average molecular weight is 669 g/mol. The van der Waals surface area contributed by atoms with Gasteiger partial charge in [-0.25, -0.2) is 0 Å².